The van der Waals surface area contributed by atoms with E-state index in [4.69, 9.17) is 4.99 Å². The Hall–Kier alpha value is -3.34. The minimum absolute atomic E-state index is 0.0777. The van der Waals surface area contributed by atoms with Crippen molar-refractivity contribution in [2.75, 3.05) is 0 Å². The van der Waals surface area contributed by atoms with Crippen LogP contribution in [0.4, 0.5) is 4.39 Å². The van der Waals surface area contributed by atoms with Crippen molar-refractivity contribution in [2.24, 2.45) is 4.99 Å². The quantitative estimate of drug-likeness (QED) is 0.631. The first-order chi connectivity index (χ1) is 14.9. The number of halogens is 1. The predicted octanol–water partition coefficient (Wildman–Crippen LogP) is 4.58. The van der Waals surface area contributed by atoms with Gasteiger partial charge in [0.2, 0.25) is 5.91 Å². The molecule has 0 unspecified atom stereocenters. The number of aryl methyl sites for hydroxylation is 3. The molecule has 1 amide bonds. The molecule has 3 heterocycles. The second kappa shape index (κ2) is 7.41. The highest BCUT2D eigenvalue weighted by atomic mass is 19.1. The number of carbonyl (C=O) groups excluding carboxylic acids is 1. The Bertz CT molecular complexity index is 1220. The Kier molecular flexibility index (Phi) is 4.69. The first kappa shape index (κ1) is 19.6. The van der Waals surface area contributed by atoms with Gasteiger partial charge in [-0.1, -0.05) is 12.1 Å². The fraction of sp³-hybridized carbons (Fsp3) is 0.269. The second-order valence-corrected chi connectivity index (χ2v) is 8.64. The van der Waals surface area contributed by atoms with E-state index in [0.717, 1.165) is 50.5 Å². The van der Waals surface area contributed by atoms with Gasteiger partial charge in [-0.3, -0.25) is 14.8 Å². The van der Waals surface area contributed by atoms with Crippen LogP contribution in [0, 0.1) is 26.6 Å². The molecule has 156 valence electrons. The minimum atomic E-state index is -0.263. The van der Waals surface area contributed by atoms with Crippen LogP contribution in [0.1, 0.15) is 50.3 Å². The number of hydrogen-bond donors (Lipinski definition) is 0. The number of benzene rings is 2. The van der Waals surface area contributed by atoms with Gasteiger partial charge in [0.15, 0.2) is 0 Å². The molecule has 5 heteroatoms. The molecule has 1 aromatic heterocycles. The van der Waals surface area contributed by atoms with E-state index in [1.54, 1.807) is 0 Å². The molecule has 2 aliphatic heterocycles. The molecule has 0 saturated heterocycles. The molecule has 0 fully saturated rings. The topological polar surface area (TPSA) is 45.6 Å². The van der Waals surface area contributed by atoms with Gasteiger partial charge in [-0.05, 0) is 78.9 Å². The summed E-state index contributed by atoms with van der Waals surface area (Å²) in [6.07, 6.45) is 0.375. The first-order valence-corrected chi connectivity index (χ1v) is 10.5. The zero-order valence-electron chi connectivity index (χ0n) is 18.0. The molecule has 0 N–H and O–H groups in total. The Morgan fingerprint density at radius 3 is 2.45 bits per heavy atom. The van der Waals surface area contributed by atoms with Gasteiger partial charge >= 0.3 is 0 Å². The standard InChI is InChI=1S/C26H24FN3O/c1-15-4-18(8-23(27)5-15)13-30-14-22-10-24-21(9-19(22)11-25(30)31)12-28-26(24)20-6-16(2)29-17(3)7-20/h4-10H,11-14H2,1-3H3. The van der Waals surface area contributed by atoms with Gasteiger partial charge in [0.1, 0.15) is 5.82 Å². The number of amides is 1. The molecular weight excluding hydrogens is 389 g/mol. The summed E-state index contributed by atoms with van der Waals surface area (Å²) in [5.74, 6) is -0.185. The predicted molar refractivity (Wildman–Crippen MR) is 119 cm³/mol. The van der Waals surface area contributed by atoms with Crippen molar-refractivity contribution < 1.29 is 9.18 Å². The van der Waals surface area contributed by atoms with E-state index in [-0.39, 0.29) is 11.7 Å². The van der Waals surface area contributed by atoms with Gasteiger partial charge in [-0.25, -0.2) is 4.39 Å². The maximum absolute atomic E-state index is 13.8. The number of aromatic nitrogens is 1. The summed E-state index contributed by atoms with van der Waals surface area (Å²) < 4.78 is 13.8. The summed E-state index contributed by atoms with van der Waals surface area (Å²) in [5.41, 5.74) is 10.2. The average molecular weight is 413 g/mol. The van der Waals surface area contributed by atoms with Gasteiger partial charge in [0.05, 0.1) is 18.7 Å². The van der Waals surface area contributed by atoms with Gasteiger partial charge in [0, 0.05) is 35.6 Å². The number of rotatable bonds is 3. The van der Waals surface area contributed by atoms with Crippen molar-refractivity contribution in [1.29, 1.82) is 0 Å². The molecule has 0 saturated carbocycles. The summed E-state index contributed by atoms with van der Waals surface area (Å²) in [7, 11) is 0. The van der Waals surface area contributed by atoms with Crippen LogP contribution in [0.25, 0.3) is 0 Å². The summed E-state index contributed by atoms with van der Waals surface area (Å²) in [6, 6.07) is 13.4. The third-order valence-corrected chi connectivity index (χ3v) is 5.97. The summed E-state index contributed by atoms with van der Waals surface area (Å²) >= 11 is 0. The van der Waals surface area contributed by atoms with Gasteiger partial charge in [-0.2, -0.15) is 0 Å². The molecule has 0 radical (unpaired) electrons. The summed E-state index contributed by atoms with van der Waals surface area (Å²) in [5, 5.41) is 0. The van der Waals surface area contributed by atoms with E-state index in [9.17, 15) is 9.18 Å². The van der Waals surface area contributed by atoms with E-state index in [2.05, 4.69) is 29.2 Å². The van der Waals surface area contributed by atoms with Crippen LogP contribution in [0.3, 0.4) is 0 Å². The molecule has 4 nitrogen and oxygen atoms in total. The van der Waals surface area contributed by atoms with Crippen LogP contribution >= 0.6 is 0 Å². The summed E-state index contributed by atoms with van der Waals surface area (Å²) in [6.45, 7) is 7.44. The molecule has 2 aliphatic rings. The first-order valence-electron chi connectivity index (χ1n) is 10.5. The minimum Gasteiger partial charge on any atom is -0.334 e. The SMILES string of the molecule is Cc1cc(F)cc(CN2Cc3cc4c(cc3CC2=O)CN=C4c2cc(C)nc(C)c2)c1. The summed E-state index contributed by atoms with van der Waals surface area (Å²) in [4.78, 5) is 23.9. The van der Waals surface area contributed by atoms with Crippen LogP contribution < -0.4 is 0 Å². The zero-order valence-corrected chi connectivity index (χ0v) is 18.0. The Balaban J connectivity index is 1.46. The molecule has 31 heavy (non-hydrogen) atoms. The number of pyridine rings is 1. The van der Waals surface area contributed by atoms with Gasteiger partial charge in [0.25, 0.3) is 0 Å². The van der Waals surface area contributed by atoms with Crippen LogP contribution in [-0.4, -0.2) is 21.5 Å². The Morgan fingerprint density at radius 1 is 0.935 bits per heavy atom. The van der Waals surface area contributed by atoms with E-state index in [1.165, 1.54) is 17.7 Å². The van der Waals surface area contributed by atoms with E-state index in [1.807, 2.05) is 31.7 Å². The molecule has 5 rings (SSSR count). The molecule has 0 atom stereocenters. The molecular formula is C26H24FN3O. The lowest BCUT2D eigenvalue weighted by Crippen LogP contribution is -2.36. The van der Waals surface area contributed by atoms with Gasteiger partial charge < -0.3 is 4.90 Å². The lowest BCUT2D eigenvalue weighted by atomic mass is 9.91. The smallest absolute Gasteiger partial charge is 0.227 e. The highest BCUT2D eigenvalue weighted by Gasteiger charge is 2.27. The lowest BCUT2D eigenvalue weighted by Gasteiger charge is -2.29. The Labute approximate surface area is 181 Å². The number of fused-ring (bicyclic) bond motifs is 2. The van der Waals surface area contributed by atoms with Crippen LogP contribution in [-0.2, 0) is 30.8 Å². The number of aliphatic imine (C=N–C) groups is 1. The van der Waals surface area contributed by atoms with Crippen molar-refractivity contribution in [3.05, 3.63) is 98.6 Å². The maximum atomic E-state index is 13.8. The molecule has 0 spiro atoms. The normalized spacial score (nSPS) is 15.0. The maximum Gasteiger partial charge on any atom is 0.227 e. The van der Waals surface area contributed by atoms with E-state index >= 15 is 0 Å². The fourth-order valence-corrected chi connectivity index (χ4v) is 4.71. The van der Waals surface area contributed by atoms with E-state index < -0.39 is 0 Å². The molecule has 0 bridgehead atoms. The number of hydrogen-bond acceptors (Lipinski definition) is 3. The molecule has 2 aromatic carbocycles. The fourth-order valence-electron chi connectivity index (χ4n) is 4.71. The second-order valence-electron chi connectivity index (χ2n) is 8.64. The van der Waals surface area contributed by atoms with Crippen molar-refractivity contribution in [2.45, 2.75) is 46.8 Å². The largest absolute Gasteiger partial charge is 0.334 e. The Morgan fingerprint density at radius 2 is 1.71 bits per heavy atom. The number of nitrogens with zero attached hydrogens (tertiary/aromatic N) is 3. The number of carbonyl (C=O) groups is 1. The van der Waals surface area contributed by atoms with Crippen molar-refractivity contribution in [3.8, 4) is 0 Å². The average Bonchev–Trinajstić information content (AvgIpc) is 3.08. The van der Waals surface area contributed by atoms with Crippen molar-refractivity contribution >= 4 is 11.6 Å². The third kappa shape index (κ3) is 3.76. The van der Waals surface area contributed by atoms with E-state index in [0.29, 0.717) is 26.1 Å². The van der Waals surface area contributed by atoms with Crippen molar-refractivity contribution in [1.82, 2.24) is 9.88 Å². The zero-order chi connectivity index (χ0) is 21.7. The molecule has 3 aromatic rings. The third-order valence-electron chi connectivity index (χ3n) is 5.97. The monoisotopic (exact) mass is 413 g/mol. The van der Waals surface area contributed by atoms with Crippen LogP contribution in [0.5, 0.6) is 0 Å². The van der Waals surface area contributed by atoms with Crippen molar-refractivity contribution in [3.63, 3.8) is 0 Å². The molecule has 0 aliphatic carbocycles. The highest BCUT2D eigenvalue weighted by molar-refractivity contribution is 6.15. The van der Waals surface area contributed by atoms with Crippen LogP contribution in [0.2, 0.25) is 0 Å². The highest BCUT2D eigenvalue weighted by Crippen LogP contribution is 2.31. The van der Waals surface area contributed by atoms with Gasteiger partial charge in [-0.15, -0.1) is 0 Å². The lowest BCUT2D eigenvalue weighted by molar-refractivity contribution is -0.132. The van der Waals surface area contributed by atoms with Crippen LogP contribution in [0.15, 0.2) is 47.5 Å².